The first-order chi connectivity index (χ1) is 10.1. The lowest BCUT2D eigenvalue weighted by atomic mass is 10.2. The largest absolute Gasteiger partial charge is 0.478 e. The van der Waals surface area contributed by atoms with Crippen molar-refractivity contribution in [2.75, 3.05) is 5.32 Å². The molecule has 0 bridgehead atoms. The van der Waals surface area contributed by atoms with Crippen LogP contribution in [0.25, 0.3) is 10.9 Å². The number of para-hydroxylation sites is 1. The molecule has 1 aromatic carbocycles. The second-order valence-corrected chi connectivity index (χ2v) is 4.34. The molecule has 2 aromatic heterocycles. The number of aromatic amines is 1. The molecule has 0 aliphatic heterocycles. The van der Waals surface area contributed by atoms with E-state index >= 15 is 0 Å². The summed E-state index contributed by atoms with van der Waals surface area (Å²) in [7, 11) is 0. The third-order valence-corrected chi connectivity index (χ3v) is 2.93. The van der Waals surface area contributed by atoms with Crippen molar-refractivity contribution >= 4 is 28.5 Å². The van der Waals surface area contributed by atoms with Gasteiger partial charge in [-0.1, -0.05) is 18.2 Å². The zero-order valence-corrected chi connectivity index (χ0v) is 10.7. The van der Waals surface area contributed by atoms with E-state index in [1.54, 1.807) is 12.1 Å². The van der Waals surface area contributed by atoms with Crippen LogP contribution in [0.4, 0.5) is 5.69 Å². The molecule has 7 heteroatoms. The second kappa shape index (κ2) is 5.04. The molecular weight excluding hydrogens is 272 g/mol. The Bertz CT molecular complexity index is 841. The van der Waals surface area contributed by atoms with Gasteiger partial charge in [-0.3, -0.25) is 14.9 Å². The van der Waals surface area contributed by atoms with E-state index in [1.165, 1.54) is 18.5 Å². The molecule has 3 aromatic rings. The lowest BCUT2D eigenvalue weighted by Gasteiger charge is -2.03. The summed E-state index contributed by atoms with van der Waals surface area (Å²) >= 11 is 0. The number of carboxylic acids is 1. The molecule has 0 aliphatic rings. The summed E-state index contributed by atoms with van der Waals surface area (Å²) in [5, 5.41) is 18.9. The molecule has 7 nitrogen and oxygen atoms in total. The number of benzene rings is 1. The van der Waals surface area contributed by atoms with Crippen LogP contribution in [-0.4, -0.2) is 32.2 Å². The van der Waals surface area contributed by atoms with E-state index in [9.17, 15) is 9.59 Å². The molecule has 3 rings (SSSR count). The number of fused-ring (bicyclic) bond motifs is 1. The Balaban J connectivity index is 1.90. The summed E-state index contributed by atoms with van der Waals surface area (Å²) in [6, 6.07) is 8.57. The summed E-state index contributed by atoms with van der Waals surface area (Å²) in [6.45, 7) is 0. The van der Waals surface area contributed by atoms with Crippen molar-refractivity contribution in [1.82, 2.24) is 15.2 Å². The SMILES string of the molecule is O=C(O)c1cncc(NC(=O)c2n[nH]c3ccccc23)c1. The Morgan fingerprint density at radius 2 is 2.00 bits per heavy atom. The molecule has 0 saturated carbocycles. The number of amides is 1. The monoisotopic (exact) mass is 282 g/mol. The molecule has 104 valence electrons. The van der Waals surface area contributed by atoms with Gasteiger partial charge in [-0.15, -0.1) is 0 Å². The zero-order valence-electron chi connectivity index (χ0n) is 10.7. The minimum atomic E-state index is -1.11. The number of nitrogens with zero attached hydrogens (tertiary/aromatic N) is 2. The molecule has 1 amide bonds. The summed E-state index contributed by atoms with van der Waals surface area (Å²) in [5.41, 5.74) is 1.29. The maximum atomic E-state index is 12.2. The van der Waals surface area contributed by atoms with E-state index in [2.05, 4.69) is 20.5 Å². The Morgan fingerprint density at radius 3 is 2.81 bits per heavy atom. The van der Waals surface area contributed by atoms with Crippen molar-refractivity contribution in [3.63, 3.8) is 0 Å². The van der Waals surface area contributed by atoms with Crippen molar-refractivity contribution in [2.45, 2.75) is 0 Å². The van der Waals surface area contributed by atoms with Crippen LogP contribution in [0.5, 0.6) is 0 Å². The molecule has 0 atom stereocenters. The van der Waals surface area contributed by atoms with Gasteiger partial charge in [0.25, 0.3) is 5.91 Å². The Kier molecular flexibility index (Phi) is 3.07. The topological polar surface area (TPSA) is 108 Å². The fourth-order valence-electron chi connectivity index (χ4n) is 1.95. The highest BCUT2D eigenvalue weighted by Crippen LogP contribution is 2.17. The molecule has 0 spiro atoms. The highest BCUT2D eigenvalue weighted by Gasteiger charge is 2.14. The number of carbonyl (C=O) groups excluding carboxylic acids is 1. The minimum absolute atomic E-state index is 0.000291. The third-order valence-electron chi connectivity index (χ3n) is 2.93. The van der Waals surface area contributed by atoms with Crippen LogP contribution in [0.3, 0.4) is 0 Å². The molecule has 0 aliphatic carbocycles. The van der Waals surface area contributed by atoms with Gasteiger partial charge in [0.1, 0.15) is 0 Å². The quantitative estimate of drug-likeness (QED) is 0.680. The normalized spacial score (nSPS) is 10.5. The van der Waals surface area contributed by atoms with Gasteiger partial charge in [0, 0.05) is 11.6 Å². The van der Waals surface area contributed by atoms with Crippen LogP contribution >= 0.6 is 0 Å². The number of pyridine rings is 1. The molecule has 3 N–H and O–H groups in total. The number of carboxylic acid groups (broad SMARTS) is 1. The number of hydrogen-bond acceptors (Lipinski definition) is 4. The number of anilines is 1. The van der Waals surface area contributed by atoms with Crippen LogP contribution in [-0.2, 0) is 0 Å². The van der Waals surface area contributed by atoms with E-state index in [1.807, 2.05) is 12.1 Å². The van der Waals surface area contributed by atoms with Crippen LogP contribution in [0.15, 0.2) is 42.7 Å². The summed E-state index contributed by atoms with van der Waals surface area (Å²) in [6.07, 6.45) is 2.58. The van der Waals surface area contributed by atoms with Gasteiger partial charge in [0.2, 0.25) is 0 Å². The highest BCUT2D eigenvalue weighted by atomic mass is 16.4. The Labute approximate surface area is 118 Å². The van der Waals surface area contributed by atoms with Gasteiger partial charge in [0.05, 0.1) is 23.0 Å². The second-order valence-electron chi connectivity index (χ2n) is 4.34. The van der Waals surface area contributed by atoms with Crippen LogP contribution in [0.2, 0.25) is 0 Å². The van der Waals surface area contributed by atoms with Crippen molar-refractivity contribution in [3.05, 3.63) is 54.0 Å². The predicted molar refractivity (Wildman–Crippen MR) is 75.2 cm³/mol. The first kappa shape index (κ1) is 12.8. The number of hydrogen-bond donors (Lipinski definition) is 3. The number of aromatic nitrogens is 3. The molecule has 0 fully saturated rings. The number of rotatable bonds is 3. The minimum Gasteiger partial charge on any atom is -0.478 e. The molecule has 21 heavy (non-hydrogen) atoms. The van der Waals surface area contributed by atoms with Gasteiger partial charge < -0.3 is 10.4 Å². The highest BCUT2D eigenvalue weighted by molar-refractivity contribution is 6.11. The molecule has 0 radical (unpaired) electrons. The van der Waals surface area contributed by atoms with Crippen LogP contribution < -0.4 is 5.32 Å². The molecule has 2 heterocycles. The van der Waals surface area contributed by atoms with Crippen molar-refractivity contribution < 1.29 is 14.7 Å². The standard InChI is InChI=1S/C14H10N4O3/c19-13(12-10-3-1-2-4-11(10)17-18-12)16-9-5-8(14(20)21)6-15-7-9/h1-7H,(H,16,19)(H,17,18)(H,20,21). The lowest BCUT2D eigenvalue weighted by Crippen LogP contribution is -2.13. The Hall–Kier alpha value is -3.22. The van der Waals surface area contributed by atoms with Crippen LogP contribution in [0, 0.1) is 0 Å². The van der Waals surface area contributed by atoms with E-state index in [-0.39, 0.29) is 11.3 Å². The summed E-state index contributed by atoms with van der Waals surface area (Å²) < 4.78 is 0. The smallest absolute Gasteiger partial charge is 0.337 e. The van der Waals surface area contributed by atoms with E-state index < -0.39 is 11.9 Å². The number of carbonyl (C=O) groups is 2. The summed E-state index contributed by atoms with van der Waals surface area (Å²) in [4.78, 5) is 26.9. The van der Waals surface area contributed by atoms with Crippen LogP contribution in [0.1, 0.15) is 20.8 Å². The average Bonchev–Trinajstić information content (AvgIpc) is 2.91. The van der Waals surface area contributed by atoms with E-state index in [4.69, 9.17) is 5.11 Å². The van der Waals surface area contributed by atoms with Gasteiger partial charge in [-0.25, -0.2) is 4.79 Å². The maximum absolute atomic E-state index is 12.2. The van der Waals surface area contributed by atoms with Gasteiger partial charge in [0.15, 0.2) is 5.69 Å². The van der Waals surface area contributed by atoms with Gasteiger partial charge in [-0.05, 0) is 12.1 Å². The van der Waals surface area contributed by atoms with Crippen molar-refractivity contribution in [2.24, 2.45) is 0 Å². The molecule has 0 unspecified atom stereocenters. The summed E-state index contributed by atoms with van der Waals surface area (Å²) in [5.74, 6) is -1.54. The zero-order chi connectivity index (χ0) is 14.8. The molecular formula is C14H10N4O3. The van der Waals surface area contributed by atoms with Gasteiger partial charge in [-0.2, -0.15) is 5.10 Å². The van der Waals surface area contributed by atoms with Crippen molar-refractivity contribution in [3.8, 4) is 0 Å². The number of nitrogens with one attached hydrogen (secondary N) is 2. The number of H-pyrrole nitrogens is 1. The van der Waals surface area contributed by atoms with E-state index in [0.29, 0.717) is 11.1 Å². The molecule has 0 saturated heterocycles. The fraction of sp³-hybridized carbons (Fsp3) is 0. The number of aromatic carboxylic acids is 1. The van der Waals surface area contributed by atoms with Gasteiger partial charge >= 0.3 is 5.97 Å². The fourth-order valence-corrected chi connectivity index (χ4v) is 1.95. The third kappa shape index (κ3) is 2.44. The first-order valence-corrected chi connectivity index (χ1v) is 6.08. The van der Waals surface area contributed by atoms with E-state index in [0.717, 1.165) is 5.52 Å². The first-order valence-electron chi connectivity index (χ1n) is 6.08. The maximum Gasteiger partial charge on any atom is 0.337 e. The predicted octanol–water partition coefficient (Wildman–Crippen LogP) is 1.91. The lowest BCUT2D eigenvalue weighted by molar-refractivity contribution is 0.0696. The van der Waals surface area contributed by atoms with Crippen molar-refractivity contribution in [1.29, 1.82) is 0 Å². The average molecular weight is 282 g/mol. The Morgan fingerprint density at radius 1 is 1.19 bits per heavy atom.